The Hall–Kier alpha value is -3.85. The summed E-state index contributed by atoms with van der Waals surface area (Å²) in [5.74, 6) is 0.416. The van der Waals surface area contributed by atoms with E-state index in [1.54, 1.807) is 30.3 Å². The second-order valence-corrected chi connectivity index (χ2v) is 9.02. The zero-order valence-electron chi connectivity index (χ0n) is 17.8. The summed E-state index contributed by atoms with van der Waals surface area (Å²) in [5, 5.41) is 9.73. The average Bonchev–Trinajstić information content (AvgIpc) is 3.18. The maximum absolute atomic E-state index is 13.5. The Morgan fingerprint density at radius 1 is 1.06 bits per heavy atom. The molecule has 0 spiro atoms. The smallest absolute Gasteiger partial charge is 0.303 e. The van der Waals surface area contributed by atoms with E-state index in [9.17, 15) is 13.2 Å². The van der Waals surface area contributed by atoms with Crippen LogP contribution in [0.25, 0.3) is 10.9 Å². The van der Waals surface area contributed by atoms with Gasteiger partial charge in [-0.2, -0.15) is 0 Å². The van der Waals surface area contributed by atoms with Gasteiger partial charge in [0.1, 0.15) is 16.4 Å². The van der Waals surface area contributed by atoms with Crippen LogP contribution in [0.4, 0.5) is 0 Å². The summed E-state index contributed by atoms with van der Waals surface area (Å²) >= 11 is 0. The molecule has 4 rings (SSSR count). The van der Waals surface area contributed by atoms with Gasteiger partial charge in [0.25, 0.3) is 10.0 Å². The molecule has 2 aromatic heterocycles. The second kappa shape index (κ2) is 9.33. The molecule has 0 saturated carbocycles. The molecule has 1 N–H and O–H groups in total. The molecular formula is C24H22N2O6S. The highest BCUT2D eigenvalue weighted by molar-refractivity contribution is 7.90. The number of aryl methyl sites for hydroxylation is 1. The number of carboxylic acid groups (broad SMARTS) is 1. The highest BCUT2D eigenvalue weighted by Gasteiger charge is 2.23. The molecule has 0 aliphatic carbocycles. The number of fused-ring (bicyclic) bond motifs is 1. The van der Waals surface area contributed by atoms with E-state index in [-0.39, 0.29) is 23.6 Å². The van der Waals surface area contributed by atoms with Gasteiger partial charge in [0.05, 0.1) is 18.3 Å². The highest BCUT2D eigenvalue weighted by Crippen LogP contribution is 2.30. The number of rotatable bonds is 9. The third kappa shape index (κ3) is 4.83. The number of aromatic nitrogens is 2. The number of carboxylic acids is 1. The maximum Gasteiger partial charge on any atom is 0.303 e. The average molecular weight is 467 g/mol. The Balaban J connectivity index is 1.72. The van der Waals surface area contributed by atoms with E-state index in [4.69, 9.17) is 14.6 Å². The number of benzene rings is 2. The van der Waals surface area contributed by atoms with Crippen molar-refractivity contribution in [1.29, 1.82) is 0 Å². The molecule has 0 radical (unpaired) electrons. The van der Waals surface area contributed by atoms with E-state index in [2.05, 4.69) is 4.98 Å². The van der Waals surface area contributed by atoms with E-state index in [0.29, 0.717) is 34.6 Å². The predicted octanol–water partition coefficient (Wildman–Crippen LogP) is 4.48. The van der Waals surface area contributed by atoms with Crippen molar-refractivity contribution in [3.8, 4) is 17.4 Å². The Kier molecular flexibility index (Phi) is 6.32. The van der Waals surface area contributed by atoms with Crippen molar-refractivity contribution in [2.75, 3.05) is 6.61 Å². The van der Waals surface area contributed by atoms with Gasteiger partial charge in [0.15, 0.2) is 0 Å². The second-order valence-electron chi connectivity index (χ2n) is 7.21. The van der Waals surface area contributed by atoms with Crippen LogP contribution in [-0.2, 0) is 21.2 Å². The van der Waals surface area contributed by atoms with Crippen LogP contribution >= 0.6 is 0 Å². The lowest BCUT2D eigenvalue weighted by Gasteiger charge is -2.10. The van der Waals surface area contributed by atoms with Gasteiger partial charge in [-0.3, -0.25) is 4.79 Å². The Labute approximate surface area is 191 Å². The molecule has 170 valence electrons. The van der Waals surface area contributed by atoms with Crippen LogP contribution in [0.2, 0.25) is 0 Å². The summed E-state index contributed by atoms with van der Waals surface area (Å²) in [4.78, 5) is 15.2. The Morgan fingerprint density at radius 2 is 1.85 bits per heavy atom. The molecule has 0 fully saturated rings. The minimum atomic E-state index is -4.01. The standard InChI is InChI=1S/C24H22N2O6S/c1-2-31-19-9-11-21-17(8-13-24(27)28)16-26(22(21)14-19)33(29,30)20-10-12-23(25-15-20)32-18-6-4-3-5-7-18/h3-7,9-12,14-16H,2,8,13H2,1H3,(H,27,28). The summed E-state index contributed by atoms with van der Waals surface area (Å²) in [5.41, 5.74) is 1.03. The first-order chi connectivity index (χ1) is 15.9. The van der Waals surface area contributed by atoms with Gasteiger partial charge in [-0.15, -0.1) is 0 Å². The van der Waals surface area contributed by atoms with Crippen molar-refractivity contribution >= 4 is 26.9 Å². The summed E-state index contributed by atoms with van der Waals surface area (Å²) in [6.07, 6.45) is 2.79. The Bertz CT molecular complexity index is 1380. The van der Waals surface area contributed by atoms with Crippen LogP contribution in [-0.4, -0.2) is 35.1 Å². The van der Waals surface area contributed by atoms with Crippen LogP contribution in [0.15, 0.2) is 78.0 Å². The zero-order valence-corrected chi connectivity index (χ0v) is 18.7. The number of nitrogens with zero attached hydrogens (tertiary/aromatic N) is 2. The molecule has 0 saturated heterocycles. The van der Waals surface area contributed by atoms with Crippen molar-refractivity contribution in [2.45, 2.75) is 24.7 Å². The number of carbonyl (C=O) groups is 1. The lowest BCUT2D eigenvalue weighted by atomic mass is 10.1. The van der Waals surface area contributed by atoms with Gasteiger partial charge < -0.3 is 14.6 Å². The molecule has 0 bridgehead atoms. The fourth-order valence-electron chi connectivity index (χ4n) is 3.44. The summed E-state index contributed by atoms with van der Waals surface area (Å²) in [7, 11) is -4.01. The molecule has 8 nitrogen and oxygen atoms in total. The lowest BCUT2D eigenvalue weighted by molar-refractivity contribution is -0.136. The molecule has 4 aromatic rings. The largest absolute Gasteiger partial charge is 0.494 e. The zero-order chi connectivity index (χ0) is 23.4. The molecule has 2 aromatic carbocycles. The quantitative estimate of drug-likeness (QED) is 0.387. The van der Waals surface area contributed by atoms with E-state index >= 15 is 0 Å². The number of hydrogen-bond donors (Lipinski definition) is 1. The van der Waals surface area contributed by atoms with Crippen LogP contribution < -0.4 is 9.47 Å². The minimum absolute atomic E-state index is 0.0218. The van der Waals surface area contributed by atoms with Crippen molar-refractivity contribution in [1.82, 2.24) is 8.96 Å². The molecule has 0 aliphatic heterocycles. The SMILES string of the molecule is CCOc1ccc2c(CCC(=O)O)cn(S(=O)(=O)c3ccc(Oc4ccccc4)nc3)c2c1. The van der Waals surface area contributed by atoms with Gasteiger partial charge in [0, 0.05) is 30.1 Å². The number of ether oxygens (including phenoxy) is 2. The summed E-state index contributed by atoms with van der Waals surface area (Å²) in [6.45, 7) is 2.26. The summed E-state index contributed by atoms with van der Waals surface area (Å²) in [6, 6.07) is 17.1. The van der Waals surface area contributed by atoms with Crippen LogP contribution in [0.5, 0.6) is 17.4 Å². The molecule has 0 atom stereocenters. The fraction of sp³-hybridized carbons (Fsp3) is 0.167. The molecule has 33 heavy (non-hydrogen) atoms. The predicted molar refractivity (Wildman–Crippen MR) is 122 cm³/mol. The molecule has 0 aliphatic rings. The van der Waals surface area contributed by atoms with Crippen molar-refractivity contribution in [3.05, 3.63) is 78.6 Å². The molecule has 0 amide bonds. The molecule has 2 heterocycles. The van der Waals surface area contributed by atoms with Gasteiger partial charge in [0.2, 0.25) is 5.88 Å². The third-order valence-electron chi connectivity index (χ3n) is 4.98. The number of hydrogen-bond acceptors (Lipinski definition) is 6. The first-order valence-corrected chi connectivity index (χ1v) is 11.8. The van der Waals surface area contributed by atoms with Gasteiger partial charge in [-0.1, -0.05) is 18.2 Å². The Morgan fingerprint density at radius 3 is 2.52 bits per heavy atom. The summed E-state index contributed by atoms with van der Waals surface area (Å²) < 4.78 is 39.2. The molecular weight excluding hydrogens is 444 g/mol. The minimum Gasteiger partial charge on any atom is -0.494 e. The first kappa shape index (κ1) is 22.3. The van der Waals surface area contributed by atoms with E-state index < -0.39 is 16.0 Å². The molecule has 0 unspecified atom stereocenters. The third-order valence-corrected chi connectivity index (χ3v) is 6.63. The molecule has 9 heteroatoms. The number of pyridine rings is 1. The van der Waals surface area contributed by atoms with E-state index in [1.807, 2.05) is 25.1 Å². The van der Waals surface area contributed by atoms with Gasteiger partial charge in [-0.25, -0.2) is 17.4 Å². The fourth-order valence-corrected chi connectivity index (χ4v) is 4.77. The maximum atomic E-state index is 13.5. The van der Waals surface area contributed by atoms with E-state index in [1.165, 1.54) is 24.5 Å². The van der Waals surface area contributed by atoms with Crippen LogP contribution in [0.3, 0.4) is 0 Å². The highest BCUT2D eigenvalue weighted by atomic mass is 32.2. The number of para-hydroxylation sites is 1. The van der Waals surface area contributed by atoms with Gasteiger partial charge >= 0.3 is 5.97 Å². The van der Waals surface area contributed by atoms with Gasteiger partial charge in [-0.05, 0) is 49.2 Å². The van der Waals surface area contributed by atoms with Crippen molar-refractivity contribution in [3.63, 3.8) is 0 Å². The first-order valence-electron chi connectivity index (χ1n) is 10.3. The normalized spacial score (nSPS) is 11.4. The van der Waals surface area contributed by atoms with Crippen LogP contribution in [0, 0.1) is 0 Å². The topological polar surface area (TPSA) is 108 Å². The number of aliphatic carboxylic acids is 1. The van der Waals surface area contributed by atoms with Crippen molar-refractivity contribution < 1.29 is 27.8 Å². The van der Waals surface area contributed by atoms with E-state index in [0.717, 1.165) is 3.97 Å². The monoisotopic (exact) mass is 466 g/mol. The van der Waals surface area contributed by atoms with Crippen LogP contribution in [0.1, 0.15) is 18.9 Å². The van der Waals surface area contributed by atoms with Crippen molar-refractivity contribution in [2.24, 2.45) is 0 Å². The lowest BCUT2D eigenvalue weighted by Crippen LogP contribution is -2.12.